The fraction of sp³-hybridized carbons (Fsp3) is 0.348. The van der Waals surface area contributed by atoms with Gasteiger partial charge in [0.15, 0.2) is 11.0 Å². The molecule has 0 aliphatic carbocycles. The van der Waals surface area contributed by atoms with E-state index in [1.54, 1.807) is 7.11 Å². The smallest absolute Gasteiger partial charge is 0.237 e. The molecule has 1 N–H and O–H groups in total. The van der Waals surface area contributed by atoms with E-state index in [0.717, 1.165) is 17.0 Å². The molecule has 158 valence electrons. The Balaban J connectivity index is 1.69. The zero-order valence-corrected chi connectivity index (χ0v) is 19.1. The van der Waals surface area contributed by atoms with Gasteiger partial charge in [0.05, 0.1) is 17.9 Å². The first-order valence-corrected chi connectivity index (χ1v) is 10.7. The third kappa shape index (κ3) is 4.84. The largest absolute Gasteiger partial charge is 0.496 e. The molecule has 0 saturated carbocycles. The number of thioether (sulfide) groups is 1. The van der Waals surface area contributed by atoms with Crippen LogP contribution < -0.4 is 10.1 Å². The maximum atomic E-state index is 12.7. The molecule has 1 aromatic heterocycles. The van der Waals surface area contributed by atoms with Gasteiger partial charge in [0.1, 0.15) is 5.75 Å². The molecule has 0 saturated heterocycles. The minimum Gasteiger partial charge on any atom is -0.496 e. The van der Waals surface area contributed by atoms with Gasteiger partial charge in [-0.2, -0.15) is 0 Å². The quantitative estimate of drug-likeness (QED) is 0.570. The van der Waals surface area contributed by atoms with Crippen LogP contribution in [0.25, 0.3) is 11.4 Å². The van der Waals surface area contributed by atoms with Crippen molar-refractivity contribution in [3.05, 3.63) is 54.1 Å². The summed E-state index contributed by atoms with van der Waals surface area (Å²) in [5.41, 5.74) is 2.95. The van der Waals surface area contributed by atoms with Crippen molar-refractivity contribution in [3.8, 4) is 17.1 Å². The summed E-state index contributed by atoms with van der Waals surface area (Å²) in [4.78, 5) is 12.7. The molecular formula is C23H28N4O2S. The molecule has 0 bridgehead atoms. The van der Waals surface area contributed by atoms with Crippen LogP contribution in [-0.2, 0) is 17.3 Å². The van der Waals surface area contributed by atoms with Crippen LogP contribution in [0.1, 0.15) is 33.3 Å². The second-order valence-electron chi connectivity index (χ2n) is 8.14. The van der Waals surface area contributed by atoms with Crippen LogP contribution in [0.3, 0.4) is 0 Å². The first kappa shape index (κ1) is 21.9. The lowest BCUT2D eigenvalue weighted by atomic mass is 9.87. The molecule has 3 rings (SSSR count). The average Bonchev–Trinajstić information content (AvgIpc) is 3.07. The molecule has 0 fully saturated rings. The highest BCUT2D eigenvalue weighted by molar-refractivity contribution is 8.00. The number of nitrogens with one attached hydrogen (secondary N) is 1. The first-order valence-electron chi connectivity index (χ1n) is 9.81. The van der Waals surface area contributed by atoms with E-state index >= 15 is 0 Å². The van der Waals surface area contributed by atoms with Crippen LogP contribution in [0.2, 0.25) is 0 Å². The van der Waals surface area contributed by atoms with Crippen LogP contribution in [0.4, 0.5) is 5.69 Å². The lowest BCUT2D eigenvalue weighted by molar-refractivity contribution is -0.115. The number of carbonyl (C=O) groups excluding carboxylic acids is 1. The normalized spacial score (nSPS) is 12.5. The van der Waals surface area contributed by atoms with E-state index in [4.69, 9.17) is 4.74 Å². The number of hydrogen-bond acceptors (Lipinski definition) is 5. The molecule has 7 heteroatoms. The SMILES string of the molecule is COc1ccccc1-c1nnc(SC(C)C(=O)Nc2ccc(C(C)(C)C)cc2)n1C. The number of anilines is 1. The van der Waals surface area contributed by atoms with Gasteiger partial charge in [-0.05, 0) is 42.2 Å². The van der Waals surface area contributed by atoms with E-state index in [1.165, 1.54) is 17.3 Å². The Hall–Kier alpha value is -2.80. The van der Waals surface area contributed by atoms with E-state index in [2.05, 4.69) is 48.4 Å². The van der Waals surface area contributed by atoms with Crippen molar-refractivity contribution >= 4 is 23.4 Å². The van der Waals surface area contributed by atoms with Gasteiger partial charge in [-0.15, -0.1) is 10.2 Å². The monoisotopic (exact) mass is 424 g/mol. The van der Waals surface area contributed by atoms with Crippen molar-refractivity contribution in [2.45, 2.75) is 43.5 Å². The highest BCUT2D eigenvalue weighted by Gasteiger charge is 2.21. The summed E-state index contributed by atoms with van der Waals surface area (Å²) in [6.45, 7) is 8.36. The zero-order valence-electron chi connectivity index (χ0n) is 18.3. The van der Waals surface area contributed by atoms with Crippen LogP contribution >= 0.6 is 11.8 Å². The van der Waals surface area contributed by atoms with E-state index in [-0.39, 0.29) is 16.6 Å². The number of amides is 1. The summed E-state index contributed by atoms with van der Waals surface area (Å²) in [5, 5.41) is 11.9. The molecule has 0 aliphatic rings. The van der Waals surface area contributed by atoms with Gasteiger partial charge in [0.25, 0.3) is 0 Å². The number of para-hydroxylation sites is 1. The Morgan fingerprint density at radius 2 is 1.77 bits per heavy atom. The number of hydrogen-bond donors (Lipinski definition) is 1. The Bertz CT molecular complexity index is 1020. The third-order valence-corrected chi connectivity index (χ3v) is 5.99. The molecule has 0 radical (unpaired) electrons. The predicted octanol–water partition coefficient (Wildman–Crippen LogP) is 4.91. The number of carbonyl (C=O) groups is 1. The number of rotatable bonds is 6. The molecule has 3 aromatic rings. The molecule has 1 unspecified atom stereocenters. The van der Waals surface area contributed by atoms with E-state index in [9.17, 15) is 4.79 Å². The number of nitrogens with zero attached hydrogens (tertiary/aromatic N) is 3. The Labute approximate surface area is 182 Å². The third-order valence-electron chi connectivity index (χ3n) is 4.85. The van der Waals surface area contributed by atoms with Crippen molar-refractivity contribution in [2.75, 3.05) is 12.4 Å². The molecule has 30 heavy (non-hydrogen) atoms. The summed E-state index contributed by atoms with van der Waals surface area (Å²) in [7, 11) is 3.52. The highest BCUT2D eigenvalue weighted by atomic mass is 32.2. The standard InChI is InChI=1S/C23H28N4O2S/c1-15(21(28)24-17-13-11-16(12-14-17)23(2,3)4)30-22-26-25-20(27(22)5)18-9-7-8-10-19(18)29-6/h7-15H,1-6H3,(H,24,28). The maximum Gasteiger partial charge on any atom is 0.237 e. The van der Waals surface area contributed by atoms with Gasteiger partial charge in [0, 0.05) is 12.7 Å². The van der Waals surface area contributed by atoms with Crippen molar-refractivity contribution in [1.29, 1.82) is 0 Å². The van der Waals surface area contributed by atoms with Crippen molar-refractivity contribution in [1.82, 2.24) is 14.8 Å². The molecular weight excluding hydrogens is 396 g/mol. The highest BCUT2D eigenvalue weighted by Crippen LogP contribution is 2.31. The van der Waals surface area contributed by atoms with Crippen LogP contribution in [-0.4, -0.2) is 33.0 Å². The second-order valence-corrected chi connectivity index (χ2v) is 9.45. The molecule has 0 spiro atoms. The van der Waals surface area contributed by atoms with Crippen molar-refractivity contribution in [3.63, 3.8) is 0 Å². The van der Waals surface area contributed by atoms with E-state index in [0.29, 0.717) is 11.0 Å². The van der Waals surface area contributed by atoms with Crippen molar-refractivity contribution in [2.24, 2.45) is 7.05 Å². The maximum absolute atomic E-state index is 12.7. The zero-order chi connectivity index (χ0) is 21.9. The Morgan fingerprint density at radius 1 is 1.10 bits per heavy atom. The topological polar surface area (TPSA) is 69.0 Å². The summed E-state index contributed by atoms with van der Waals surface area (Å²) >= 11 is 1.37. The summed E-state index contributed by atoms with van der Waals surface area (Å²) in [6.07, 6.45) is 0. The summed E-state index contributed by atoms with van der Waals surface area (Å²) in [5.74, 6) is 1.35. The lowest BCUT2D eigenvalue weighted by Crippen LogP contribution is -2.23. The van der Waals surface area contributed by atoms with E-state index < -0.39 is 0 Å². The minimum atomic E-state index is -0.333. The summed E-state index contributed by atoms with van der Waals surface area (Å²) < 4.78 is 7.31. The summed E-state index contributed by atoms with van der Waals surface area (Å²) in [6, 6.07) is 15.7. The number of ether oxygens (including phenoxy) is 1. The Morgan fingerprint density at radius 3 is 2.40 bits per heavy atom. The first-order chi connectivity index (χ1) is 14.2. The van der Waals surface area contributed by atoms with Crippen molar-refractivity contribution < 1.29 is 9.53 Å². The van der Waals surface area contributed by atoms with Crippen LogP contribution in [0, 0.1) is 0 Å². The van der Waals surface area contributed by atoms with Gasteiger partial charge < -0.3 is 14.6 Å². The number of benzene rings is 2. The van der Waals surface area contributed by atoms with Gasteiger partial charge in [-0.25, -0.2) is 0 Å². The van der Waals surface area contributed by atoms with Crippen LogP contribution in [0.5, 0.6) is 5.75 Å². The predicted molar refractivity (Wildman–Crippen MR) is 122 cm³/mol. The molecule has 6 nitrogen and oxygen atoms in total. The molecule has 1 atom stereocenters. The molecule has 2 aromatic carbocycles. The Kier molecular flexibility index (Phi) is 6.51. The minimum absolute atomic E-state index is 0.0784. The molecule has 1 amide bonds. The lowest BCUT2D eigenvalue weighted by Gasteiger charge is -2.19. The number of aromatic nitrogens is 3. The second kappa shape index (κ2) is 8.92. The number of methoxy groups -OCH3 is 1. The molecule has 0 aliphatic heterocycles. The van der Waals surface area contributed by atoms with Gasteiger partial charge in [-0.1, -0.05) is 56.8 Å². The fourth-order valence-electron chi connectivity index (χ4n) is 2.99. The molecule has 1 heterocycles. The van der Waals surface area contributed by atoms with Gasteiger partial charge in [-0.3, -0.25) is 4.79 Å². The van der Waals surface area contributed by atoms with Gasteiger partial charge in [0.2, 0.25) is 5.91 Å². The van der Waals surface area contributed by atoms with Crippen LogP contribution in [0.15, 0.2) is 53.7 Å². The van der Waals surface area contributed by atoms with E-state index in [1.807, 2.05) is 54.9 Å². The van der Waals surface area contributed by atoms with Gasteiger partial charge >= 0.3 is 0 Å². The average molecular weight is 425 g/mol. The fourth-order valence-corrected chi connectivity index (χ4v) is 3.81.